The molecule has 8 heteroatoms. The summed E-state index contributed by atoms with van der Waals surface area (Å²) in [5.41, 5.74) is 3.00. The van der Waals surface area contributed by atoms with Gasteiger partial charge in [-0.05, 0) is 47.4 Å². The lowest BCUT2D eigenvalue weighted by atomic mass is 10.1. The molecule has 1 N–H and O–H groups in total. The van der Waals surface area contributed by atoms with Crippen LogP contribution in [0.15, 0.2) is 71.9 Å². The fourth-order valence-electron chi connectivity index (χ4n) is 3.46. The number of rotatable bonds is 7. The van der Waals surface area contributed by atoms with E-state index in [0.717, 1.165) is 17.5 Å². The van der Waals surface area contributed by atoms with Crippen molar-refractivity contribution in [3.63, 3.8) is 0 Å². The fourth-order valence-corrected chi connectivity index (χ4v) is 4.90. The average molecular weight is 436 g/mol. The van der Waals surface area contributed by atoms with Crippen molar-refractivity contribution >= 4 is 21.8 Å². The van der Waals surface area contributed by atoms with E-state index in [4.69, 9.17) is 0 Å². The molecule has 0 radical (unpaired) electrons. The first-order valence-corrected chi connectivity index (χ1v) is 11.3. The largest absolute Gasteiger partial charge is 0.288 e. The maximum atomic E-state index is 13.5. The van der Waals surface area contributed by atoms with Gasteiger partial charge < -0.3 is 0 Å². The Morgan fingerprint density at radius 1 is 0.871 bits per heavy atom. The molecule has 0 spiro atoms. The van der Waals surface area contributed by atoms with E-state index >= 15 is 0 Å². The minimum absolute atomic E-state index is 0.0369. The Balaban J connectivity index is 1.71. The first-order chi connectivity index (χ1) is 14.9. The Morgan fingerprint density at radius 3 is 2.23 bits per heavy atom. The van der Waals surface area contributed by atoms with Crippen LogP contribution in [0.3, 0.4) is 0 Å². The van der Waals surface area contributed by atoms with E-state index < -0.39 is 21.8 Å². The maximum absolute atomic E-state index is 13.5. The van der Waals surface area contributed by atoms with Crippen molar-refractivity contribution in [2.24, 2.45) is 0 Å². The van der Waals surface area contributed by atoms with Crippen LogP contribution in [-0.4, -0.2) is 29.5 Å². The zero-order valence-electron chi connectivity index (χ0n) is 16.9. The Bertz CT molecular complexity index is 1240. The average Bonchev–Trinajstić information content (AvgIpc) is 3.07. The molecule has 0 saturated carbocycles. The molecule has 4 rings (SSSR count). The van der Waals surface area contributed by atoms with Crippen molar-refractivity contribution in [1.82, 2.24) is 14.6 Å². The van der Waals surface area contributed by atoms with Crippen LogP contribution in [-0.2, 0) is 29.5 Å². The number of imide groups is 1. The van der Waals surface area contributed by atoms with Gasteiger partial charge in [-0.2, -0.15) is 4.31 Å². The third-order valence-corrected chi connectivity index (χ3v) is 7.00. The number of benzene rings is 2. The Morgan fingerprint density at radius 2 is 1.55 bits per heavy atom. The summed E-state index contributed by atoms with van der Waals surface area (Å²) in [6, 6.07) is 15.4. The van der Waals surface area contributed by atoms with Crippen molar-refractivity contribution in [2.75, 3.05) is 0 Å². The number of pyridine rings is 1. The lowest BCUT2D eigenvalue weighted by molar-refractivity contribution is 0.0879. The standard InChI is InChI=1S/C23H21N3O4S/c1-2-16-5-7-17(8-6-16)14-26(15-18-4-3-11-24-13-18)31(29,30)19-9-10-20-21(12-19)23(28)25-22(20)27/h3-13H,2,14-15H2,1H3,(H,25,27,28). The van der Waals surface area contributed by atoms with Crippen LogP contribution < -0.4 is 5.32 Å². The molecule has 2 aromatic carbocycles. The van der Waals surface area contributed by atoms with E-state index in [1.807, 2.05) is 30.3 Å². The SMILES string of the molecule is CCc1ccc(CN(Cc2cccnc2)S(=O)(=O)c2ccc3c(c2)C(=O)NC3=O)cc1. The molecule has 2 amide bonds. The summed E-state index contributed by atoms with van der Waals surface area (Å²) in [6.45, 7) is 2.33. The summed E-state index contributed by atoms with van der Waals surface area (Å²) >= 11 is 0. The number of fused-ring (bicyclic) bond motifs is 1. The highest BCUT2D eigenvalue weighted by molar-refractivity contribution is 7.89. The normalized spacial score (nSPS) is 13.4. The number of aryl methyl sites for hydroxylation is 1. The lowest BCUT2D eigenvalue weighted by Crippen LogP contribution is -2.30. The highest BCUT2D eigenvalue weighted by Gasteiger charge is 2.31. The molecule has 0 saturated heterocycles. The predicted molar refractivity (Wildman–Crippen MR) is 115 cm³/mol. The number of hydrogen-bond donors (Lipinski definition) is 1. The Kier molecular flexibility index (Phi) is 5.67. The van der Waals surface area contributed by atoms with Gasteiger partial charge in [0.2, 0.25) is 10.0 Å². The Labute approximate surface area is 180 Å². The van der Waals surface area contributed by atoms with Gasteiger partial charge in [-0.1, -0.05) is 37.3 Å². The lowest BCUT2D eigenvalue weighted by Gasteiger charge is -2.23. The maximum Gasteiger partial charge on any atom is 0.258 e. The van der Waals surface area contributed by atoms with Crippen LogP contribution in [0.5, 0.6) is 0 Å². The van der Waals surface area contributed by atoms with Gasteiger partial charge >= 0.3 is 0 Å². The number of hydrogen-bond acceptors (Lipinski definition) is 5. The second kappa shape index (κ2) is 8.41. The van der Waals surface area contributed by atoms with Gasteiger partial charge in [0.25, 0.3) is 11.8 Å². The number of nitrogens with zero attached hydrogens (tertiary/aromatic N) is 2. The zero-order chi connectivity index (χ0) is 22.0. The van der Waals surface area contributed by atoms with Gasteiger partial charge in [-0.25, -0.2) is 8.42 Å². The van der Waals surface area contributed by atoms with Crippen LogP contribution in [0, 0.1) is 0 Å². The molecule has 1 aliphatic rings. The number of sulfonamides is 1. The summed E-state index contributed by atoms with van der Waals surface area (Å²) < 4.78 is 28.4. The molecule has 3 aromatic rings. The third kappa shape index (κ3) is 4.26. The molecule has 0 fully saturated rings. The van der Waals surface area contributed by atoms with Crippen LogP contribution in [0.1, 0.15) is 44.3 Å². The zero-order valence-corrected chi connectivity index (χ0v) is 17.7. The second-order valence-corrected chi connectivity index (χ2v) is 9.23. The molecule has 0 bridgehead atoms. The van der Waals surface area contributed by atoms with Gasteiger partial charge in [0.05, 0.1) is 16.0 Å². The highest BCUT2D eigenvalue weighted by Crippen LogP contribution is 2.25. The number of carbonyl (C=O) groups is 2. The van der Waals surface area contributed by atoms with E-state index in [9.17, 15) is 18.0 Å². The summed E-state index contributed by atoms with van der Waals surface area (Å²) in [6.07, 6.45) is 4.15. The van der Waals surface area contributed by atoms with Crippen LogP contribution in [0.4, 0.5) is 0 Å². The number of carbonyl (C=O) groups excluding carboxylic acids is 2. The van der Waals surface area contributed by atoms with Crippen molar-refractivity contribution < 1.29 is 18.0 Å². The minimum atomic E-state index is -3.96. The van der Waals surface area contributed by atoms with Crippen molar-refractivity contribution in [3.8, 4) is 0 Å². The van der Waals surface area contributed by atoms with Gasteiger partial charge in [0.15, 0.2) is 0 Å². The predicted octanol–water partition coefficient (Wildman–Crippen LogP) is 2.92. The number of amides is 2. The van der Waals surface area contributed by atoms with E-state index in [1.54, 1.807) is 18.5 Å². The molecule has 0 aliphatic carbocycles. The van der Waals surface area contributed by atoms with Crippen LogP contribution in [0.2, 0.25) is 0 Å². The van der Waals surface area contributed by atoms with E-state index in [2.05, 4.69) is 17.2 Å². The van der Waals surface area contributed by atoms with Crippen LogP contribution >= 0.6 is 0 Å². The molecule has 7 nitrogen and oxygen atoms in total. The summed E-state index contributed by atoms with van der Waals surface area (Å²) in [5, 5.41) is 2.19. The fraction of sp³-hybridized carbons (Fsp3) is 0.174. The summed E-state index contributed by atoms with van der Waals surface area (Å²) in [4.78, 5) is 27.9. The van der Waals surface area contributed by atoms with E-state index in [1.165, 1.54) is 28.1 Å². The molecule has 0 unspecified atom stereocenters. The topological polar surface area (TPSA) is 96.4 Å². The molecule has 1 aliphatic heterocycles. The third-order valence-electron chi connectivity index (χ3n) is 5.22. The molecular formula is C23H21N3O4S. The molecule has 31 heavy (non-hydrogen) atoms. The van der Waals surface area contributed by atoms with Crippen molar-refractivity contribution in [3.05, 3.63) is 94.8 Å². The minimum Gasteiger partial charge on any atom is -0.288 e. The quantitative estimate of drug-likeness (QED) is 0.576. The molecule has 0 atom stereocenters. The van der Waals surface area contributed by atoms with Crippen molar-refractivity contribution in [1.29, 1.82) is 0 Å². The Hall–Kier alpha value is -3.36. The van der Waals surface area contributed by atoms with E-state index in [0.29, 0.717) is 0 Å². The first kappa shape index (κ1) is 20.9. The summed E-state index contributed by atoms with van der Waals surface area (Å²) in [7, 11) is -3.96. The van der Waals surface area contributed by atoms with Gasteiger partial charge in [0, 0.05) is 25.5 Å². The molecule has 2 heterocycles. The van der Waals surface area contributed by atoms with Crippen molar-refractivity contribution in [2.45, 2.75) is 31.3 Å². The monoisotopic (exact) mass is 435 g/mol. The van der Waals surface area contributed by atoms with E-state index in [-0.39, 0.29) is 29.1 Å². The second-order valence-electron chi connectivity index (χ2n) is 7.30. The highest BCUT2D eigenvalue weighted by atomic mass is 32.2. The van der Waals surface area contributed by atoms with Gasteiger partial charge in [0.1, 0.15) is 0 Å². The molecular weight excluding hydrogens is 414 g/mol. The number of aromatic nitrogens is 1. The number of nitrogens with one attached hydrogen (secondary N) is 1. The van der Waals surface area contributed by atoms with Gasteiger partial charge in [-0.15, -0.1) is 0 Å². The smallest absolute Gasteiger partial charge is 0.258 e. The first-order valence-electron chi connectivity index (χ1n) is 9.85. The van der Waals surface area contributed by atoms with Crippen LogP contribution in [0.25, 0.3) is 0 Å². The molecule has 1 aromatic heterocycles. The van der Waals surface area contributed by atoms with Gasteiger partial charge in [-0.3, -0.25) is 19.9 Å². The molecule has 158 valence electrons. The summed E-state index contributed by atoms with van der Waals surface area (Å²) in [5.74, 6) is -1.11.